The maximum atomic E-state index is 12.8. The van der Waals surface area contributed by atoms with E-state index in [2.05, 4.69) is 10.1 Å². The lowest BCUT2D eigenvalue weighted by Crippen LogP contribution is -2.05. The summed E-state index contributed by atoms with van der Waals surface area (Å²) in [5.41, 5.74) is 2.20. The fourth-order valence-electron chi connectivity index (χ4n) is 1.93. The fourth-order valence-corrected chi connectivity index (χ4v) is 1.93. The topological polar surface area (TPSA) is 65.2 Å². The number of esters is 1. The van der Waals surface area contributed by atoms with Crippen LogP contribution in [0.4, 0.5) is 4.39 Å². The van der Waals surface area contributed by atoms with Gasteiger partial charge in [-0.2, -0.15) is 4.98 Å². The third-order valence-corrected chi connectivity index (χ3v) is 3.18. The van der Waals surface area contributed by atoms with Crippen molar-refractivity contribution in [3.05, 3.63) is 71.4 Å². The van der Waals surface area contributed by atoms with Gasteiger partial charge in [-0.1, -0.05) is 35.0 Å². The summed E-state index contributed by atoms with van der Waals surface area (Å²) in [7, 11) is 0. The van der Waals surface area contributed by atoms with Crippen LogP contribution in [0.3, 0.4) is 0 Å². The Hall–Kier alpha value is -3.02. The van der Waals surface area contributed by atoms with Crippen molar-refractivity contribution in [2.45, 2.75) is 13.5 Å². The zero-order valence-electron chi connectivity index (χ0n) is 12.3. The first-order valence-corrected chi connectivity index (χ1v) is 6.94. The lowest BCUT2D eigenvalue weighted by atomic mass is 10.1. The third kappa shape index (κ3) is 3.60. The molecule has 3 aromatic rings. The summed E-state index contributed by atoms with van der Waals surface area (Å²) in [6.45, 7) is 1.84. The van der Waals surface area contributed by atoms with E-state index in [1.807, 2.05) is 31.2 Å². The lowest BCUT2D eigenvalue weighted by Gasteiger charge is -2.01. The first-order valence-electron chi connectivity index (χ1n) is 6.94. The summed E-state index contributed by atoms with van der Waals surface area (Å²) in [6, 6.07) is 12.7. The van der Waals surface area contributed by atoms with Gasteiger partial charge in [0.2, 0.25) is 5.82 Å². The number of aryl methyl sites for hydroxylation is 1. The van der Waals surface area contributed by atoms with Crippen LogP contribution >= 0.6 is 0 Å². The molecular weight excluding hydrogens is 299 g/mol. The average molecular weight is 312 g/mol. The van der Waals surface area contributed by atoms with Crippen LogP contribution in [-0.4, -0.2) is 16.1 Å². The van der Waals surface area contributed by atoms with Crippen LogP contribution in [0.25, 0.3) is 11.4 Å². The van der Waals surface area contributed by atoms with E-state index >= 15 is 0 Å². The molecule has 0 fully saturated rings. The SMILES string of the molecule is Cc1ccc(-c2noc(COC(=O)c3ccc(F)cc3)n2)cc1. The molecule has 116 valence electrons. The molecule has 0 saturated heterocycles. The van der Waals surface area contributed by atoms with Gasteiger partial charge in [-0.3, -0.25) is 0 Å². The van der Waals surface area contributed by atoms with Crippen LogP contribution in [0.2, 0.25) is 0 Å². The quantitative estimate of drug-likeness (QED) is 0.689. The fraction of sp³-hybridized carbons (Fsp3) is 0.118. The molecule has 6 heteroatoms. The molecule has 5 nitrogen and oxygen atoms in total. The molecule has 0 radical (unpaired) electrons. The van der Waals surface area contributed by atoms with Crippen LogP contribution in [0.15, 0.2) is 53.1 Å². The van der Waals surface area contributed by atoms with Gasteiger partial charge in [-0.05, 0) is 31.2 Å². The van der Waals surface area contributed by atoms with Crippen molar-refractivity contribution in [2.24, 2.45) is 0 Å². The minimum atomic E-state index is -0.583. The number of nitrogens with zero attached hydrogens (tertiary/aromatic N) is 2. The molecule has 0 saturated carbocycles. The number of carbonyl (C=O) groups excluding carboxylic acids is 1. The van der Waals surface area contributed by atoms with E-state index in [4.69, 9.17) is 9.26 Å². The number of rotatable bonds is 4. The van der Waals surface area contributed by atoms with Gasteiger partial charge in [0, 0.05) is 5.56 Å². The van der Waals surface area contributed by atoms with Crippen molar-refractivity contribution in [1.29, 1.82) is 0 Å². The van der Waals surface area contributed by atoms with Crippen LogP contribution in [-0.2, 0) is 11.3 Å². The van der Waals surface area contributed by atoms with Crippen molar-refractivity contribution >= 4 is 5.97 Å². The number of hydrogen-bond acceptors (Lipinski definition) is 5. The highest BCUT2D eigenvalue weighted by Crippen LogP contribution is 2.16. The van der Waals surface area contributed by atoms with Gasteiger partial charge in [0.25, 0.3) is 5.89 Å². The predicted octanol–water partition coefficient (Wildman–Crippen LogP) is 3.54. The normalized spacial score (nSPS) is 10.5. The van der Waals surface area contributed by atoms with Crippen LogP contribution in [0.5, 0.6) is 0 Å². The van der Waals surface area contributed by atoms with Crippen LogP contribution in [0.1, 0.15) is 21.8 Å². The average Bonchev–Trinajstić information content (AvgIpc) is 3.03. The Morgan fingerprint density at radius 1 is 1.13 bits per heavy atom. The van der Waals surface area contributed by atoms with Gasteiger partial charge in [-0.15, -0.1) is 0 Å². The van der Waals surface area contributed by atoms with Crippen molar-refractivity contribution in [3.8, 4) is 11.4 Å². The Balaban J connectivity index is 1.64. The third-order valence-electron chi connectivity index (χ3n) is 3.18. The van der Waals surface area contributed by atoms with E-state index in [1.54, 1.807) is 0 Å². The number of carbonyl (C=O) groups is 1. The molecule has 0 N–H and O–H groups in total. The van der Waals surface area contributed by atoms with Crippen molar-refractivity contribution < 1.29 is 18.4 Å². The van der Waals surface area contributed by atoms with Gasteiger partial charge in [0.1, 0.15) is 5.82 Å². The molecular formula is C17H13FN2O3. The molecule has 0 aliphatic rings. The van der Waals surface area contributed by atoms with E-state index in [9.17, 15) is 9.18 Å². The summed E-state index contributed by atoms with van der Waals surface area (Å²) < 4.78 is 22.9. The molecule has 1 heterocycles. The first-order chi connectivity index (χ1) is 11.1. The number of halogens is 1. The van der Waals surface area contributed by atoms with Gasteiger partial charge in [0.15, 0.2) is 6.61 Å². The summed E-state index contributed by atoms with van der Waals surface area (Å²) in [6.07, 6.45) is 0. The van der Waals surface area contributed by atoms with E-state index in [1.165, 1.54) is 24.3 Å². The second-order valence-electron chi connectivity index (χ2n) is 4.96. The predicted molar refractivity (Wildman–Crippen MR) is 80.0 cm³/mol. The molecule has 0 aliphatic heterocycles. The molecule has 0 spiro atoms. The molecule has 0 atom stereocenters. The number of aromatic nitrogens is 2. The standard InChI is InChI=1S/C17H13FN2O3/c1-11-2-4-12(5-3-11)16-19-15(23-20-16)10-22-17(21)13-6-8-14(18)9-7-13/h2-9H,10H2,1H3. The summed E-state index contributed by atoms with van der Waals surface area (Å²) in [5.74, 6) is -0.379. The number of ether oxygens (including phenoxy) is 1. The highest BCUT2D eigenvalue weighted by atomic mass is 19.1. The second kappa shape index (κ2) is 6.39. The second-order valence-corrected chi connectivity index (χ2v) is 4.96. The van der Waals surface area contributed by atoms with Crippen molar-refractivity contribution in [1.82, 2.24) is 10.1 Å². The molecule has 0 aliphatic carbocycles. The van der Waals surface area contributed by atoms with Gasteiger partial charge < -0.3 is 9.26 Å². The van der Waals surface area contributed by atoms with E-state index < -0.39 is 11.8 Å². The Morgan fingerprint density at radius 3 is 2.52 bits per heavy atom. The molecule has 2 aromatic carbocycles. The lowest BCUT2D eigenvalue weighted by molar-refractivity contribution is 0.0430. The molecule has 1 aromatic heterocycles. The Labute approximate surface area is 131 Å². The molecule has 0 unspecified atom stereocenters. The molecule has 3 rings (SSSR count). The van der Waals surface area contributed by atoms with Crippen molar-refractivity contribution in [3.63, 3.8) is 0 Å². The maximum Gasteiger partial charge on any atom is 0.338 e. The number of benzene rings is 2. The van der Waals surface area contributed by atoms with Crippen LogP contribution < -0.4 is 0 Å². The van der Waals surface area contributed by atoms with E-state index in [0.29, 0.717) is 5.82 Å². The van der Waals surface area contributed by atoms with Crippen LogP contribution in [0, 0.1) is 12.7 Å². The highest BCUT2D eigenvalue weighted by molar-refractivity contribution is 5.89. The van der Waals surface area contributed by atoms with E-state index in [-0.39, 0.29) is 18.1 Å². The Bertz CT molecular complexity index is 811. The Morgan fingerprint density at radius 2 is 1.83 bits per heavy atom. The number of hydrogen-bond donors (Lipinski definition) is 0. The zero-order chi connectivity index (χ0) is 16.2. The summed E-state index contributed by atoms with van der Waals surface area (Å²) >= 11 is 0. The smallest absolute Gasteiger partial charge is 0.338 e. The summed E-state index contributed by atoms with van der Waals surface area (Å²) in [4.78, 5) is 16.0. The summed E-state index contributed by atoms with van der Waals surface area (Å²) in [5, 5.41) is 3.85. The first kappa shape index (κ1) is 14.9. The molecule has 0 bridgehead atoms. The van der Waals surface area contributed by atoms with E-state index in [0.717, 1.165) is 11.1 Å². The minimum absolute atomic E-state index is 0.144. The zero-order valence-corrected chi connectivity index (χ0v) is 12.3. The maximum absolute atomic E-state index is 12.8. The minimum Gasteiger partial charge on any atom is -0.452 e. The monoisotopic (exact) mass is 312 g/mol. The van der Waals surface area contributed by atoms with Gasteiger partial charge >= 0.3 is 5.97 Å². The largest absolute Gasteiger partial charge is 0.452 e. The Kier molecular flexibility index (Phi) is 4.14. The van der Waals surface area contributed by atoms with Crippen molar-refractivity contribution in [2.75, 3.05) is 0 Å². The molecule has 0 amide bonds. The van der Waals surface area contributed by atoms with Gasteiger partial charge in [-0.25, -0.2) is 9.18 Å². The highest BCUT2D eigenvalue weighted by Gasteiger charge is 2.12. The van der Waals surface area contributed by atoms with Gasteiger partial charge in [0.05, 0.1) is 5.56 Å². The molecule has 23 heavy (non-hydrogen) atoms.